The number of hydrogen-bond donors (Lipinski definition) is 1. The summed E-state index contributed by atoms with van der Waals surface area (Å²) >= 11 is 0. The average Bonchev–Trinajstić information content (AvgIpc) is 1.94. The summed E-state index contributed by atoms with van der Waals surface area (Å²) in [5.41, 5.74) is 0. The fourth-order valence-electron chi connectivity index (χ4n) is 1.49. The standard InChI is InChI=1S/C9H18O2/c1-6(2)9-5-4-8(10)7(3)11-9/h6-10H,4-5H2,1-3H3/t7-,8?,9?/m0/s1. The molecular formula is C9H18O2. The van der Waals surface area contributed by atoms with E-state index in [9.17, 15) is 5.11 Å². The van der Waals surface area contributed by atoms with Gasteiger partial charge in [-0.1, -0.05) is 13.8 Å². The fourth-order valence-corrected chi connectivity index (χ4v) is 1.49. The average molecular weight is 158 g/mol. The molecule has 0 amide bonds. The van der Waals surface area contributed by atoms with Crippen molar-refractivity contribution < 1.29 is 9.84 Å². The van der Waals surface area contributed by atoms with Crippen molar-refractivity contribution >= 4 is 0 Å². The summed E-state index contributed by atoms with van der Waals surface area (Å²) in [6.07, 6.45) is 2.03. The molecule has 0 radical (unpaired) electrons. The van der Waals surface area contributed by atoms with Crippen molar-refractivity contribution in [3.8, 4) is 0 Å². The summed E-state index contributed by atoms with van der Waals surface area (Å²) < 4.78 is 5.61. The van der Waals surface area contributed by atoms with E-state index in [1.807, 2.05) is 6.92 Å². The number of ether oxygens (including phenoxy) is 1. The Morgan fingerprint density at radius 1 is 1.36 bits per heavy atom. The largest absolute Gasteiger partial charge is 0.390 e. The van der Waals surface area contributed by atoms with Crippen molar-refractivity contribution in [3.63, 3.8) is 0 Å². The third kappa shape index (κ3) is 2.17. The van der Waals surface area contributed by atoms with E-state index in [0.717, 1.165) is 12.8 Å². The zero-order valence-corrected chi connectivity index (χ0v) is 7.58. The van der Waals surface area contributed by atoms with E-state index in [1.54, 1.807) is 0 Å². The summed E-state index contributed by atoms with van der Waals surface area (Å²) in [7, 11) is 0. The maximum atomic E-state index is 9.35. The minimum Gasteiger partial charge on any atom is -0.390 e. The van der Waals surface area contributed by atoms with Gasteiger partial charge in [-0.05, 0) is 25.7 Å². The van der Waals surface area contributed by atoms with Crippen LogP contribution in [0.3, 0.4) is 0 Å². The van der Waals surface area contributed by atoms with E-state index in [-0.39, 0.29) is 12.2 Å². The van der Waals surface area contributed by atoms with Gasteiger partial charge >= 0.3 is 0 Å². The van der Waals surface area contributed by atoms with Gasteiger partial charge in [0.2, 0.25) is 0 Å². The highest BCUT2D eigenvalue weighted by Crippen LogP contribution is 2.23. The van der Waals surface area contributed by atoms with Crippen LogP contribution in [0.5, 0.6) is 0 Å². The van der Waals surface area contributed by atoms with E-state index >= 15 is 0 Å². The third-order valence-corrected chi connectivity index (χ3v) is 2.42. The van der Waals surface area contributed by atoms with Crippen molar-refractivity contribution in [2.24, 2.45) is 5.92 Å². The molecule has 0 spiro atoms. The first-order valence-corrected chi connectivity index (χ1v) is 4.44. The van der Waals surface area contributed by atoms with Crippen molar-refractivity contribution in [1.29, 1.82) is 0 Å². The monoisotopic (exact) mass is 158 g/mol. The Labute approximate surface area is 68.6 Å². The van der Waals surface area contributed by atoms with Crippen LogP contribution in [0.25, 0.3) is 0 Å². The smallest absolute Gasteiger partial charge is 0.0809 e. The highest BCUT2D eigenvalue weighted by atomic mass is 16.5. The maximum Gasteiger partial charge on any atom is 0.0809 e. The molecule has 0 bridgehead atoms. The van der Waals surface area contributed by atoms with Crippen LogP contribution in [-0.4, -0.2) is 23.4 Å². The van der Waals surface area contributed by atoms with Gasteiger partial charge in [0.1, 0.15) is 0 Å². The Kier molecular flexibility index (Phi) is 2.90. The molecule has 1 heterocycles. The lowest BCUT2D eigenvalue weighted by Gasteiger charge is -2.33. The van der Waals surface area contributed by atoms with E-state index in [4.69, 9.17) is 4.74 Å². The topological polar surface area (TPSA) is 29.5 Å². The van der Waals surface area contributed by atoms with E-state index < -0.39 is 0 Å². The van der Waals surface area contributed by atoms with E-state index in [2.05, 4.69) is 13.8 Å². The zero-order chi connectivity index (χ0) is 8.43. The summed E-state index contributed by atoms with van der Waals surface area (Å²) in [6.45, 7) is 6.27. The molecule has 66 valence electrons. The predicted octanol–water partition coefficient (Wildman–Crippen LogP) is 1.57. The molecule has 2 unspecified atom stereocenters. The highest BCUT2D eigenvalue weighted by molar-refractivity contribution is 4.76. The van der Waals surface area contributed by atoms with Crippen molar-refractivity contribution in [1.82, 2.24) is 0 Å². The molecule has 0 aromatic carbocycles. The first kappa shape index (κ1) is 9.01. The number of aliphatic hydroxyl groups is 1. The molecule has 1 aliphatic heterocycles. The normalized spacial score (nSPS) is 39.5. The Morgan fingerprint density at radius 2 is 2.00 bits per heavy atom. The highest BCUT2D eigenvalue weighted by Gasteiger charge is 2.27. The van der Waals surface area contributed by atoms with Crippen LogP contribution in [0, 0.1) is 5.92 Å². The van der Waals surface area contributed by atoms with Crippen LogP contribution in [0.15, 0.2) is 0 Å². The van der Waals surface area contributed by atoms with Gasteiger partial charge in [-0.25, -0.2) is 0 Å². The summed E-state index contributed by atoms with van der Waals surface area (Å²) in [4.78, 5) is 0. The van der Waals surface area contributed by atoms with Crippen LogP contribution in [0.1, 0.15) is 33.6 Å². The zero-order valence-electron chi connectivity index (χ0n) is 7.58. The van der Waals surface area contributed by atoms with Crippen molar-refractivity contribution in [3.05, 3.63) is 0 Å². The molecule has 0 aromatic heterocycles. The molecule has 1 fully saturated rings. The van der Waals surface area contributed by atoms with Gasteiger partial charge < -0.3 is 9.84 Å². The Bertz CT molecular complexity index is 123. The molecule has 0 aromatic rings. The molecule has 1 N–H and O–H groups in total. The Balaban J connectivity index is 2.40. The van der Waals surface area contributed by atoms with Crippen LogP contribution in [0.2, 0.25) is 0 Å². The first-order valence-electron chi connectivity index (χ1n) is 4.44. The van der Waals surface area contributed by atoms with Crippen molar-refractivity contribution in [2.45, 2.75) is 51.9 Å². The van der Waals surface area contributed by atoms with Gasteiger partial charge in [-0.2, -0.15) is 0 Å². The van der Waals surface area contributed by atoms with Gasteiger partial charge in [-0.3, -0.25) is 0 Å². The molecular weight excluding hydrogens is 140 g/mol. The second kappa shape index (κ2) is 3.55. The van der Waals surface area contributed by atoms with Crippen molar-refractivity contribution in [2.75, 3.05) is 0 Å². The van der Waals surface area contributed by atoms with E-state index in [1.165, 1.54) is 0 Å². The van der Waals surface area contributed by atoms with Gasteiger partial charge in [0, 0.05) is 0 Å². The SMILES string of the molecule is CC(C)C1CCC(O)[C@H](C)O1. The summed E-state index contributed by atoms with van der Waals surface area (Å²) in [5, 5.41) is 9.35. The lowest BCUT2D eigenvalue weighted by molar-refractivity contribution is -0.122. The molecule has 1 saturated heterocycles. The van der Waals surface area contributed by atoms with Crippen LogP contribution in [-0.2, 0) is 4.74 Å². The lowest BCUT2D eigenvalue weighted by atomic mass is 9.95. The van der Waals surface area contributed by atoms with E-state index in [0.29, 0.717) is 12.0 Å². The number of aliphatic hydroxyl groups excluding tert-OH is 1. The van der Waals surface area contributed by atoms with Crippen LogP contribution < -0.4 is 0 Å². The third-order valence-electron chi connectivity index (χ3n) is 2.42. The maximum absolute atomic E-state index is 9.35. The molecule has 1 rings (SSSR count). The van der Waals surface area contributed by atoms with Gasteiger partial charge in [0.05, 0.1) is 18.3 Å². The quantitative estimate of drug-likeness (QED) is 0.627. The van der Waals surface area contributed by atoms with Crippen LogP contribution in [0.4, 0.5) is 0 Å². The summed E-state index contributed by atoms with van der Waals surface area (Å²) in [6, 6.07) is 0. The number of rotatable bonds is 1. The molecule has 2 heteroatoms. The minimum absolute atomic E-state index is 0.0242. The van der Waals surface area contributed by atoms with Gasteiger partial charge in [0.25, 0.3) is 0 Å². The molecule has 2 nitrogen and oxygen atoms in total. The van der Waals surface area contributed by atoms with Gasteiger partial charge in [-0.15, -0.1) is 0 Å². The molecule has 0 saturated carbocycles. The fraction of sp³-hybridized carbons (Fsp3) is 1.00. The Hall–Kier alpha value is -0.0800. The molecule has 0 aliphatic carbocycles. The summed E-state index contributed by atoms with van der Waals surface area (Å²) in [5.74, 6) is 0.574. The Morgan fingerprint density at radius 3 is 2.45 bits per heavy atom. The van der Waals surface area contributed by atoms with Crippen LogP contribution >= 0.6 is 0 Å². The number of hydrogen-bond acceptors (Lipinski definition) is 2. The second-order valence-electron chi connectivity index (χ2n) is 3.77. The molecule has 3 atom stereocenters. The molecule has 1 aliphatic rings. The first-order chi connectivity index (χ1) is 5.11. The molecule has 11 heavy (non-hydrogen) atoms. The lowest BCUT2D eigenvalue weighted by Crippen LogP contribution is -2.38. The second-order valence-corrected chi connectivity index (χ2v) is 3.77. The predicted molar refractivity (Wildman–Crippen MR) is 44.4 cm³/mol. The van der Waals surface area contributed by atoms with Gasteiger partial charge in [0.15, 0.2) is 0 Å². The minimum atomic E-state index is -0.245.